The lowest BCUT2D eigenvalue weighted by atomic mass is 10.2. The lowest BCUT2D eigenvalue weighted by molar-refractivity contribution is 0.00815. The summed E-state index contributed by atoms with van der Waals surface area (Å²) in [5.41, 5.74) is -1.54. The Labute approximate surface area is 106 Å². The number of alkyl carbamates (subject to hydrolysis) is 2. The van der Waals surface area contributed by atoms with Gasteiger partial charge in [-0.15, -0.1) is 0 Å². The van der Waals surface area contributed by atoms with Crippen LogP contribution in [0, 0.1) is 0 Å². The second kappa shape index (κ2) is 5.70. The van der Waals surface area contributed by atoms with Crippen molar-refractivity contribution in [2.24, 2.45) is 0 Å². The van der Waals surface area contributed by atoms with Crippen LogP contribution in [0.2, 0.25) is 0 Å². The van der Waals surface area contributed by atoms with Gasteiger partial charge in [0.05, 0.1) is 0 Å². The summed E-state index contributed by atoms with van der Waals surface area (Å²) in [6.45, 7) is 9.73. The number of hydrogen-bond donors (Lipinski definition) is 1. The van der Waals surface area contributed by atoms with E-state index in [4.69, 9.17) is 9.47 Å². The third-order valence-electron chi connectivity index (χ3n) is 1.17. The zero-order valence-corrected chi connectivity index (χ0v) is 11.4. The molecule has 0 rings (SSSR count). The van der Waals surface area contributed by atoms with Crippen molar-refractivity contribution in [1.29, 1.82) is 0 Å². The van der Waals surface area contributed by atoms with E-state index in [1.54, 1.807) is 46.9 Å². The van der Waals surface area contributed by atoms with Crippen LogP contribution in [0.3, 0.4) is 0 Å². The largest absolute Gasteiger partial charge is 0.517 e. The monoisotopic (exact) mass is 261 g/mol. The number of carbonyl (C=O) groups excluding carboxylic acids is 3. The highest BCUT2D eigenvalue weighted by Crippen LogP contribution is 2.08. The molecule has 104 valence electrons. The molecule has 0 aliphatic carbocycles. The van der Waals surface area contributed by atoms with Crippen LogP contribution in [-0.2, 0) is 14.2 Å². The van der Waals surface area contributed by atoms with Gasteiger partial charge in [0.2, 0.25) is 0 Å². The van der Waals surface area contributed by atoms with Gasteiger partial charge in [-0.25, -0.2) is 19.7 Å². The van der Waals surface area contributed by atoms with Crippen LogP contribution in [0.1, 0.15) is 41.5 Å². The lowest BCUT2D eigenvalue weighted by Crippen LogP contribution is -2.38. The SMILES string of the molecule is CC(C)(C)OC(=O)NC(=O)OC(=O)OC(C)(C)C. The molecule has 2 amide bonds. The maximum atomic E-state index is 11.1. The van der Waals surface area contributed by atoms with Crippen molar-refractivity contribution in [3.05, 3.63) is 0 Å². The summed E-state index contributed by atoms with van der Waals surface area (Å²) in [5.74, 6) is 0. The van der Waals surface area contributed by atoms with Crippen LogP contribution < -0.4 is 5.32 Å². The van der Waals surface area contributed by atoms with Gasteiger partial charge >= 0.3 is 18.3 Å². The average Bonchev–Trinajstić information content (AvgIpc) is 1.92. The highest BCUT2D eigenvalue weighted by atomic mass is 16.8. The maximum Gasteiger partial charge on any atom is 0.517 e. The Balaban J connectivity index is 4.13. The standard InChI is InChI=1S/C11H19NO6/c1-10(2,3)17-8(14)12-7(13)16-9(15)18-11(4,5)6/h1-6H3,(H,12,13,14). The van der Waals surface area contributed by atoms with Crippen LogP contribution in [0.4, 0.5) is 14.4 Å². The van der Waals surface area contributed by atoms with Gasteiger partial charge < -0.3 is 14.2 Å². The molecule has 0 aliphatic heterocycles. The molecule has 0 aromatic rings. The molecule has 0 fully saturated rings. The van der Waals surface area contributed by atoms with Gasteiger partial charge in [0.1, 0.15) is 11.2 Å². The lowest BCUT2D eigenvalue weighted by Gasteiger charge is -2.20. The van der Waals surface area contributed by atoms with Crippen molar-refractivity contribution in [2.75, 3.05) is 0 Å². The number of rotatable bonds is 0. The van der Waals surface area contributed by atoms with Crippen molar-refractivity contribution in [3.8, 4) is 0 Å². The van der Waals surface area contributed by atoms with Gasteiger partial charge in [0.15, 0.2) is 0 Å². The van der Waals surface area contributed by atoms with Gasteiger partial charge in [-0.2, -0.15) is 0 Å². The molecular weight excluding hydrogens is 242 g/mol. The van der Waals surface area contributed by atoms with E-state index in [0.29, 0.717) is 0 Å². The van der Waals surface area contributed by atoms with Crippen molar-refractivity contribution in [2.45, 2.75) is 52.7 Å². The summed E-state index contributed by atoms with van der Waals surface area (Å²) in [6, 6.07) is 0. The zero-order valence-electron chi connectivity index (χ0n) is 11.4. The molecule has 0 saturated heterocycles. The minimum Gasteiger partial charge on any atom is -0.443 e. The highest BCUT2D eigenvalue weighted by Gasteiger charge is 2.23. The fourth-order valence-electron chi connectivity index (χ4n) is 0.759. The quantitative estimate of drug-likeness (QED) is 0.532. The number of hydrogen-bond acceptors (Lipinski definition) is 6. The molecule has 0 radical (unpaired) electrons. The van der Waals surface area contributed by atoms with E-state index in [-0.39, 0.29) is 0 Å². The summed E-state index contributed by atoms with van der Waals surface area (Å²) in [4.78, 5) is 33.3. The first-order chi connectivity index (χ1) is 7.89. The summed E-state index contributed by atoms with van der Waals surface area (Å²) < 4.78 is 13.7. The minimum atomic E-state index is -1.25. The molecule has 0 aromatic carbocycles. The molecule has 1 N–H and O–H groups in total. The average molecular weight is 261 g/mol. The number of imide groups is 1. The van der Waals surface area contributed by atoms with E-state index in [9.17, 15) is 14.4 Å². The predicted octanol–water partition coefficient (Wildman–Crippen LogP) is 2.58. The van der Waals surface area contributed by atoms with Gasteiger partial charge in [-0.3, -0.25) is 0 Å². The van der Waals surface area contributed by atoms with Crippen molar-refractivity contribution >= 4 is 18.3 Å². The van der Waals surface area contributed by atoms with Crippen LogP contribution in [0.5, 0.6) is 0 Å². The molecule has 0 bridgehead atoms. The Morgan fingerprint density at radius 3 is 1.61 bits per heavy atom. The van der Waals surface area contributed by atoms with Crippen LogP contribution in [0.25, 0.3) is 0 Å². The molecule has 0 atom stereocenters. The fourth-order valence-corrected chi connectivity index (χ4v) is 0.759. The first-order valence-electron chi connectivity index (χ1n) is 5.34. The topological polar surface area (TPSA) is 90.9 Å². The molecule has 0 spiro atoms. The Morgan fingerprint density at radius 1 is 0.778 bits per heavy atom. The van der Waals surface area contributed by atoms with E-state index < -0.39 is 29.5 Å². The van der Waals surface area contributed by atoms with E-state index in [2.05, 4.69) is 4.74 Å². The van der Waals surface area contributed by atoms with Crippen molar-refractivity contribution in [1.82, 2.24) is 5.32 Å². The first-order valence-corrected chi connectivity index (χ1v) is 5.34. The second-order valence-electron chi connectivity index (χ2n) is 5.48. The molecule has 0 aliphatic rings. The summed E-state index contributed by atoms with van der Waals surface area (Å²) in [7, 11) is 0. The summed E-state index contributed by atoms with van der Waals surface area (Å²) in [6.07, 6.45) is -3.45. The molecule has 18 heavy (non-hydrogen) atoms. The van der Waals surface area contributed by atoms with Crippen LogP contribution in [-0.4, -0.2) is 29.5 Å². The van der Waals surface area contributed by atoms with Gasteiger partial charge in [-0.1, -0.05) is 0 Å². The Hall–Kier alpha value is -1.79. The van der Waals surface area contributed by atoms with E-state index in [1.165, 1.54) is 0 Å². The second-order valence-corrected chi connectivity index (χ2v) is 5.48. The normalized spacial score (nSPS) is 11.4. The van der Waals surface area contributed by atoms with E-state index in [1.807, 2.05) is 0 Å². The number of ether oxygens (including phenoxy) is 3. The molecule has 0 unspecified atom stereocenters. The molecule has 0 heterocycles. The molecule has 7 heteroatoms. The van der Waals surface area contributed by atoms with Gasteiger partial charge in [0, 0.05) is 0 Å². The Morgan fingerprint density at radius 2 is 1.22 bits per heavy atom. The Bertz CT molecular complexity index is 304. The van der Waals surface area contributed by atoms with Crippen LogP contribution in [0.15, 0.2) is 0 Å². The van der Waals surface area contributed by atoms with Crippen LogP contribution >= 0.6 is 0 Å². The smallest absolute Gasteiger partial charge is 0.443 e. The first kappa shape index (κ1) is 16.2. The highest BCUT2D eigenvalue weighted by molar-refractivity contribution is 5.92. The number of amides is 2. The van der Waals surface area contributed by atoms with E-state index in [0.717, 1.165) is 0 Å². The molecule has 0 aromatic heterocycles. The minimum absolute atomic E-state index is 0.754. The van der Waals surface area contributed by atoms with E-state index >= 15 is 0 Å². The number of carbonyl (C=O) groups is 3. The molecular formula is C11H19NO6. The fraction of sp³-hybridized carbons (Fsp3) is 0.727. The molecule has 0 saturated carbocycles. The maximum absolute atomic E-state index is 11.1. The zero-order chi connectivity index (χ0) is 14.6. The third kappa shape index (κ3) is 9.44. The number of nitrogens with one attached hydrogen (secondary N) is 1. The Kier molecular flexibility index (Phi) is 5.13. The van der Waals surface area contributed by atoms with Crippen molar-refractivity contribution in [3.63, 3.8) is 0 Å². The molecule has 7 nitrogen and oxygen atoms in total. The van der Waals surface area contributed by atoms with Gasteiger partial charge in [-0.05, 0) is 41.5 Å². The summed E-state index contributed by atoms with van der Waals surface area (Å²) >= 11 is 0. The third-order valence-corrected chi connectivity index (χ3v) is 1.17. The summed E-state index contributed by atoms with van der Waals surface area (Å²) in [5, 5.41) is 1.73. The van der Waals surface area contributed by atoms with Gasteiger partial charge in [0.25, 0.3) is 0 Å². The van der Waals surface area contributed by atoms with Crippen molar-refractivity contribution < 1.29 is 28.6 Å². The predicted molar refractivity (Wildman–Crippen MR) is 62.1 cm³/mol.